The van der Waals surface area contributed by atoms with E-state index >= 15 is 0 Å². The first-order valence-electron chi connectivity index (χ1n) is 11.2. The van der Waals surface area contributed by atoms with E-state index < -0.39 is 0 Å². The Balaban J connectivity index is 1.56. The minimum absolute atomic E-state index is 0.197. The summed E-state index contributed by atoms with van der Waals surface area (Å²) in [4.78, 5) is 8.48. The predicted molar refractivity (Wildman–Crippen MR) is 157 cm³/mol. The van der Waals surface area contributed by atoms with Crippen LogP contribution in [0.15, 0.2) is 47.8 Å². The number of hydrogen-bond donors (Lipinski definition) is 0. The van der Waals surface area contributed by atoms with Crippen LogP contribution in [0.1, 0.15) is 51.3 Å². The van der Waals surface area contributed by atoms with Gasteiger partial charge in [-0.05, 0) is 58.7 Å². The fourth-order valence-electron chi connectivity index (χ4n) is 4.21. The summed E-state index contributed by atoms with van der Waals surface area (Å²) < 4.78 is 4.32. The van der Waals surface area contributed by atoms with Crippen LogP contribution in [0.3, 0.4) is 0 Å². The zero-order chi connectivity index (χ0) is 23.1. The van der Waals surface area contributed by atoms with E-state index in [9.17, 15) is 0 Å². The summed E-state index contributed by atoms with van der Waals surface area (Å²) in [5.41, 5.74) is 0.395. The van der Waals surface area contributed by atoms with Gasteiger partial charge in [0.1, 0.15) is 0 Å². The van der Waals surface area contributed by atoms with Gasteiger partial charge in [-0.2, -0.15) is 0 Å². The second-order valence-corrected chi connectivity index (χ2v) is 15.9. The van der Waals surface area contributed by atoms with E-state index in [4.69, 9.17) is 0 Å². The van der Waals surface area contributed by atoms with Crippen molar-refractivity contribution in [2.75, 3.05) is 0 Å². The van der Waals surface area contributed by atoms with Gasteiger partial charge >= 0.3 is 0 Å². The first-order chi connectivity index (χ1) is 15.6. The maximum atomic E-state index is 2.44. The SMILES string of the molecule is CC(C)(C)c1ccc(-c2cc3c4ccsc4c4cc(-c5ccc(C(C)(C)C)s5)sc4c3s2)s1. The average molecular weight is 523 g/mol. The Hall–Kier alpha value is -1.50. The van der Waals surface area contributed by atoms with Gasteiger partial charge in [0.15, 0.2) is 0 Å². The van der Waals surface area contributed by atoms with Crippen LogP contribution in [-0.4, -0.2) is 0 Å². The lowest BCUT2D eigenvalue weighted by molar-refractivity contribution is 0.603. The molecule has 1 aromatic carbocycles. The number of benzene rings is 1. The summed E-state index contributed by atoms with van der Waals surface area (Å²) in [6.07, 6.45) is 0. The molecule has 0 bridgehead atoms. The number of thiophene rings is 5. The van der Waals surface area contributed by atoms with Gasteiger partial charge in [-0.3, -0.25) is 0 Å². The van der Waals surface area contributed by atoms with Crippen molar-refractivity contribution in [1.29, 1.82) is 0 Å². The summed E-state index contributed by atoms with van der Waals surface area (Å²) in [7, 11) is 0. The number of fused-ring (bicyclic) bond motifs is 6. The van der Waals surface area contributed by atoms with Crippen molar-refractivity contribution in [2.24, 2.45) is 0 Å². The molecule has 6 aromatic rings. The zero-order valence-corrected chi connectivity index (χ0v) is 23.7. The highest BCUT2D eigenvalue weighted by atomic mass is 32.1. The van der Waals surface area contributed by atoms with Crippen molar-refractivity contribution in [3.05, 3.63) is 57.6 Å². The van der Waals surface area contributed by atoms with Gasteiger partial charge in [-0.15, -0.1) is 56.7 Å². The fraction of sp³-hybridized carbons (Fsp3) is 0.286. The van der Waals surface area contributed by atoms with Crippen molar-refractivity contribution < 1.29 is 0 Å². The molecule has 6 rings (SSSR count). The van der Waals surface area contributed by atoms with Crippen molar-refractivity contribution in [1.82, 2.24) is 0 Å². The summed E-state index contributed by atoms with van der Waals surface area (Å²) in [5, 5.41) is 6.50. The Morgan fingerprint density at radius 2 is 1.00 bits per heavy atom. The summed E-state index contributed by atoms with van der Waals surface area (Å²) in [6, 6.07) is 16.5. The van der Waals surface area contributed by atoms with E-state index in [1.807, 2.05) is 56.7 Å². The summed E-state index contributed by atoms with van der Waals surface area (Å²) in [5.74, 6) is 0. The second kappa shape index (κ2) is 7.50. The van der Waals surface area contributed by atoms with Crippen LogP contribution in [0.25, 0.3) is 49.8 Å². The summed E-state index contributed by atoms with van der Waals surface area (Å²) in [6.45, 7) is 13.8. The molecule has 0 N–H and O–H groups in total. The van der Waals surface area contributed by atoms with Gasteiger partial charge in [0.2, 0.25) is 0 Å². The van der Waals surface area contributed by atoms with E-state index in [2.05, 4.69) is 89.4 Å². The highest BCUT2D eigenvalue weighted by molar-refractivity contribution is 7.33. The maximum Gasteiger partial charge on any atom is 0.0542 e. The van der Waals surface area contributed by atoms with Crippen molar-refractivity contribution in [3.8, 4) is 19.5 Å². The molecule has 5 heteroatoms. The van der Waals surface area contributed by atoms with Crippen LogP contribution < -0.4 is 0 Å². The first kappa shape index (κ1) is 22.0. The Morgan fingerprint density at radius 1 is 0.485 bits per heavy atom. The normalized spacial score (nSPS) is 13.2. The highest BCUT2D eigenvalue weighted by Crippen LogP contribution is 2.50. The molecule has 0 fully saturated rings. The van der Waals surface area contributed by atoms with E-state index in [-0.39, 0.29) is 10.8 Å². The molecule has 0 spiro atoms. The molecule has 168 valence electrons. The van der Waals surface area contributed by atoms with Crippen molar-refractivity contribution >= 4 is 86.9 Å². The van der Waals surface area contributed by atoms with Crippen molar-refractivity contribution in [2.45, 2.75) is 52.4 Å². The lowest BCUT2D eigenvalue weighted by Crippen LogP contribution is -2.07. The highest BCUT2D eigenvalue weighted by Gasteiger charge is 2.21. The third-order valence-electron chi connectivity index (χ3n) is 6.05. The van der Waals surface area contributed by atoms with Crippen LogP contribution >= 0.6 is 56.7 Å². The van der Waals surface area contributed by atoms with E-state index in [0.717, 1.165) is 0 Å². The van der Waals surface area contributed by atoms with Gasteiger partial charge in [0.05, 0.1) is 9.40 Å². The minimum atomic E-state index is 0.197. The predicted octanol–water partition coefficient (Wildman–Crippen LogP) is 11.4. The second-order valence-electron chi connectivity index (χ2n) is 10.7. The molecule has 0 saturated carbocycles. The standard InChI is InChI=1S/C28H26S5/c1-27(2,3)22-9-7-18(30-22)20-13-16-15-11-12-29-24(15)17-14-21(33-26(17)25(16)32-20)19-8-10-23(31-19)28(4,5)6/h7-14H,1-6H3. The topological polar surface area (TPSA) is 0 Å². The smallest absolute Gasteiger partial charge is 0.0542 e. The van der Waals surface area contributed by atoms with Gasteiger partial charge in [-0.1, -0.05) is 41.5 Å². The third kappa shape index (κ3) is 3.64. The Kier molecular flexibility index (Phi) is 5.00. The Morgan fingerprint density at radius 3 is 1.52 bits per heavy atom. The largest absolute Gasteiger partial charge is 0.143 e. The number of rotatable bonds is 2. The van der Waals surface area contributed by atoms with Crippen LogP contribution in [0.5, 0.6) is 0 Å². The zero-order valence-electron chi connectivity index (χ0n) is 19.7. The molecule has 0 radical (unpaired) electrons. The molecule has 33 heavy (non-hydrogen) atoms. The Bertz CT molecular complexity index is 1510. The van der Waals surface area contributed by atoms with Crippen molar-refractivity contribution in [3.63, 3.8) is 0 Å². The molecule has 5 aromatic heterocycles. The van der Waals surface area contributed by atoms with Gasteiger partial charge < -0.3 is 0 Å². The minimum Gasteiger partial charge on any atom is -0.143 e. The molecule has 5 heterocycles. The fourth-order valence-corrected chi connectivity index (χ4v) is 9.99. The molecule has 0 atom stereocenters. The van der Waals surface area contributed by atoms with Crippen LogP contribution in [0.2, 0.25) is 0 Å². The van der Waals surface area contributed by atoms with E-state index in [1.54, 1.807) is 0 Å². The molecular formula is C28H26S5. The van der Waals surface area contributed by atoms with E-state index in [0.29, 0.717) is 0 Å². The lowest BCUT2D eigenvalue weighted by atomic mass is 9.95. The number of hydrogen-bond acceptors (Lipinski definition) is 5. The molecule has 0 unspecified atom stereocenters. The molecule has 0 aliphatic rings. The van der Waals surface area contributed by atoms with Crippen LogP contribution in [0, 0.1) is 0 Å². The van der Waals surface area contributed by atoms with E-state index in [1.165, 1.54) is 59.5 Å². The van der Waals surface area contributed by atoms with Gasteiger partial charge in [-0.25, -0.2) is 0 Å². The maximum absolute atomic E-state index is 2.44. The summed E-state index contributed by atoms with van der Waals surface area (Å²) >= 11 is 9.71. The Labute approximate surface area is 215 Å². The lowest BCUT2D eigenvalue weighted by Gasteiger charge is -2.15. The van der Waals surface area contributed by atoms with Gasteiger partial charge in [0.25, 0.3) is 0 Å². The molecule has 0 nitrogen and oxygen atoms in total. The molecule has 0 saturated heterocycles. The van der Waals surface area contributed by atoms with Gasteiger partial charge in [0, 0.05) is 50.1 Å². The molecule has 0 aliphatic heterocycles. The first-order valence-corrected chi connectivity index (χ1v) is 15.3. The molecule has 0 amide bonds. The molecular weight excluding hydrogens is 497 g/mol. The average Bonchev–Trinajstić information content (AvgIpc) is 3.55. The van der Waals surface area contributed by atoms with Crippen LogP contribution in [-0.2, 0) is 10.8 Å². The monoisotopic (exact) mass is 522 g/mol. The quantitative estimate of drug-likeness (QED) is 0.212. The van der Waals surface area contributed by atoms with Crippen LogP contribution in [0.4, 0.5) is 0 Å². The third-order valence-corrected chi connectivity index (χ3v) is 12.8. The molecule has 0 aliphatic carbocycles.